The first-order valence-corrected chi connectivity index (χ1v) is 11.6. The van der Waals surface area contributed by atoms with Crippen LogP contribution in [0.15, 0.2) is 48.5 Å². The molecule has 1 aliphatic rings. The fourth-order valence-corrected chi connectivity index (χ4v) is 4.27. The van der Waals surface area contributed by atoms with E-state index in [2.05, 4.69) is 10.0 Å². The number of hydroxylamine groups is 1. The van der Waals surface area contributed by atoms with Gasteiger partial charge < -0.3 is 5.32 Å². The lowest BCUT2D eigenvalue weighted by atomic mass is 9.95. The Balaban J connectivity index is 1.74. The average Bonchev–Trinajstić information content (AvgIpc) is 3.26. The number of sulfonamides is 1. The van der Waals surface area contributed by atoms with Crippen LogP contribution in [0.4, 0.5) is 5.69 Å². The number of nitrogens with one attached hydrogen (secondary N) is 3. The smallest absolute Gasteiger partial charge is 0.270 e. The minimum absolute atomic E-state index is 0.243. The van der Waals surface area contributed by atoms with Gasteiger partial charge >= 0.3 is 0 Å². The van der Waals surface area contributed by atoms with Crippen LogP contribution >= 0.6 is 0 Å². The first kappa shape index (κ1) is 21.8. The molecule has 1 aliphatic carbocycles. The Labute approximate surface area is 175 Å². The van der Waals surface area contributed by atoms with Crippen LogP contribution in [0.5, 0.6) is 0 Å². The summed E-state index contributed by atoms with van der Waals surface area (Å²) in [6.07, 6.45) is 5.78. The van der Waals surface area contributed by atoms with E-state index in [-0.39, 0.29) is 5.56 Å². The summed E-state index contributed by atoms with van der Waals surface area (Å²) < 4.78 is 24.9. The van der Waals surface area contributed by atoms with Crippen LogP contribution in [0, 0.1) is 0 Å². The van der Waals surface area contributed by atoms with Crippen LogP contribution in [-0.2, 0) is 14.8 Å². The second kappa shape index (κ2) is 9.27. The highest BCUT2D eigenvalue weighted by molar-refractivity contribution is 7.92. The Hall–Kier alpha value is -2.91. The number of anilines is 1. The molecule has 0 radical (unpaired) electrons. The highest BCUT2D eigenvalue weighted by Crippen LogP contribution is 2.34. The molecular formula is C21H25N3O5S. The molecule has 1 fully saturated rings. The largest absolute Gasteiger partial charge is 0.336 e. The summed E-state index contributed by atoms with van der Waals surface area (Å²) in [5, 5.41) is 11.7. The molecule has 2 aromatic rings. The summed E-state index contributed by atoms with van der Waals surface area (Å²) >= 11 is 0. The van der Waals surface area contributed by atoms with Gasteiger partial charge in [0, 0.05) is 11.3 Å². The minimum Gasteiger partial charge on any atom is -0.336 e. The summed E-state index contributed by atoms with van der Waals surface area (Å²) in [4.78, 5) is 24.8. The van der Waals surface area contributed by atoms with Crippen LogP contribution in [0.1, 0.15) is 59.1 Å². The number of hydrogen-bond acceptors (Lipinski definition) is 5. The molecule has 160 valence electrons. The van der Waals surface area contributed by atoms with Crippen molar-refractivity contribution in [2.75, 3.05) is 11.0 Å². The quantitative estimate of drug-likeness (QED) is 0.396. The lowest BCUT2D eigenvalue weighted by Crippen LogP contribution is -2.39. The molecule has 2 aromatic carbocycles. The lowest BCUT2D eigenvalue weighted by Gasteiger charge is -2.18. The Bertz CT molecular complexity index is 998. The predicted octanol–water partition coefficient (Wildman–Crippen LogP) is 2.69. The molecule has 2 amide bonds. The molecule has 0 saturated heterocycles. The Morgan fingerprint density at radius 2 is 1.60 bits per heavy atom. The van der Waals surface area contributed by atoms with E-state index >= 15 is 0 Å². The summed E-state index contributed by atoms with van der Waals surface area (Å²) in [5.74, 6) is -0.764. The molecule has 0 bridgehead atoms. The molecule has 1 saturated carbocycles. The fourth-order valence-electron chi connectivity index (χ4n) is 3.70. The number of carbonyl (C=O) groups is 2. The average molecular weight is 432 g/mol. The van der Waals surface area contributed by atoms with Gasteiger partial charge in [0.15, 0.2) is 0 Å². The molecule has 0 aromatic heterocycles. The number of carbonyl (C=O) groups excluding carboxylic acids is 2. The van der Waals surface area contributed by atoms with Crippen molar-refractivity contribution in [1.82, 2.24) is 10.8 Å². The Morgan fingerprint density at radius 3 is 2.13 bits per heavy atom. The maximum absolute atomic E-state index is 12.6. The third-order valence-corrected chi connectivity index (χ3v) is 5.80. The zero-order chi connectivity index (χ0) is 21.7. The zero-order valence-electron chi connectivity index (χ0n) is 16.6. The standard InChI is InChI=1S/C21H25N3O5S/c1-30(28,29)24-18-12-10-17(11-13-18)20(25)22-19(21(26)23-27)16-8-6-15(7-9-16)14-4-2-3-5-14/h6-14,19,24,27H,2-5H2,1H3,(H,22,25)(H,23,26). The summed E-state index contributed by atoms with van der Waals surface area (Å²) in [6, 6.07) is 12.2. The van der Waals surface area contributed by atoms with Crippen LogP contribution in [-0.4, -0.2) is 31.7 Å². The summed E-state index contributed by atoms with van der Waals surface area (Å²) in [5.41, 5.74) is 3.91. The normalized spacial score (nSPS) is 15.4. The van der Waals surface area contributed by atoms with Gasteiger partial charge in [0.25, 0.3) is 11.8 Å². The van der Waals surface area contributed by atoms with Gasteiger partial charge in [0.1, 0.15) is 6.04 Å². The molecule has 1 unspecified atom stereocenters. The van der Waals surface area contributed by atoms with Gasteiger partial charge in [-0.05, 0) is 54.2 Å². The highest BCUT2D eigenvalue weighted by atomic mass is 32.2. The van der Waals surface area contributed by atoms with E-state index in [0.29, 0.717) is 17.2 Å². The zero-order valence-corrected chi connectivity index (χ0v) is 17.4. The van der Waals surface area contributed by atoms with Gasteiger partial charge in [-0.25, -0.2) is 13.9 Å². The van der Waals surface area contributed by atoms with Crippen molar-refractivity contribution >= 4 is 27.5 Å². The first-order valence-electron chi connectivity index (χ1n) is 9.69. The Morgan fingerprint density at radius 1 is 1.00 bits per heavy atom. The van der Waals surface area contributed by atoms with E-state index in [1.54, 1.807) is 17.6 Å². The topological polar surface area (TPSA) is 125 Å². The van der Waals surface area contributed by atoms with Gasteiger partial charge in [-0.2, -0.15) is 0 Å². The van der Waals surface area contributed by atoms with E-state index in [4.69, 9.17) is 5.21 Å². The van der Waals surface area contributed by atoms with Crippen molar-refractivity contribution in [1.29, 1.82) is 0 Å². The molecule has 1 atom stereocenters. The summed E-state index contributed by atoms with van der Waals surface area (Å²) in [6.45, 7) is 0. The molecule has 0 heterocycles. The highest BCUT2D eigenvalue weighted by Gasteiger charge is 2.24. The molecule has 0 spiro atoms. The Kier molecular flexibility index (Phi) is 6.73. The first-order chi connectivity index (χ1) is 14.3. The molecule has 9 heteroatoms. The third-order valence-electron chi connectivity index (χ3n) is 5.19. The molecular weight excluding hydrogens is 406 g/mol. The predicted molar refractivity (Wildman–Crippen MR) is 113 cm³/mol. The van der Waals surface area contributed by atoms with Crippen molar-refractivity contribution in [3.8, 4) is 0 Å². The van der Waals surface area contributed by atoms with E-state index in [1.807, 2.05) is 12.1 Å². The van der Waals surface area contributed by atoms with Gasteiger partial charge in [-0.1, -0.05) is 37.1 Å². The SMILES string of the molecule is CS(=O)(=O)Nc1ccc(C(=O)NC(C(=O)NO)c2ccc(C3CCCC3)cc2)cc1. The van der Waals surface area contributed by atoms with E-state index < -0.39 is 27.9 Å². The van der Waals surface area contributed by atoms with Gasteiger partial charge in [0.05, 0.1) is 6.26 Å². The van der Waals surface area contributed by atoms with Crippen LogP contribution in [0.25, 0.3) is 0 Å². The van der Waals surface area contributed by atoms with Gasteiger partial charge in [0.2, 0.25) is 10.0 Å². The van der Waals surface area contributed by atoms with Crippen molar-refractivity contribution in [3.05, 3.63) is 65.2 Å². The van der Waals surface area contributed by atoms with Crippen molar-refractivity contribution in [2.24, 2.45) is 0 Å². The number of amides is 2. The number of hydrogen-bond donors (Lipinski definition) is 4. The minimum atomic E-state index is -3.42. The lowest BCUT2D eigenvalue weighted by molar-refractivity contribution is -0.131. The molecule has 3 rings (SSSR count). The van der Waals surface area contributed by atoms with Crippen molar-refractivity contribution < 1.29 is 23.2 Å². The monoisotopic (exact) mass is 431 g/mol. The number of rotatable bonds is 7. The molecule has 30 heavy (non-hydrogen) atoms. The van der Waals surface area contributed by atoms with Crippen LogP contribution in [0.2, 0.25) is 0 Å². The number of benzene rings is 2. The van der Waals surface area contributed by atoms with Crippen molar-refractivity contribution in [2.45, 2.75) is 37.6 Å². The summed E-state index contributed by atoms with van der Waals surface area (Å²) in [7, 11) is -3.42. The van der Waals surface area contributed by atoms with Gasteiger partial charge in [-0.15, -0.1) is 0 Å². The van der Waals surface area contributed by atoms with E-state index in [0.717, 1.165) is 19.1 Å². The van der Waals surface area contributed by atoms with Crippen LogP contribution < -0.4 is 15.5 Å². The molecule has 0 aliphatic heterocycles. The fraction of sp³-hybridized carbons (Fsp3) is 0.333. The molecule has 8 nitrogen and oxygen atoms in total. The second-order valence-corrected chi connectivity index (χ2v) is 9.23. The third kappa shape index (κ3) is 5.58. The maximum atomic E-state index is 12.6. The maximum Gasteiger partial charge on any atom is 0.270 e. The van der Waals surface area contributed by atoms with Crippen LogP contribution in [0.3, 0.4) is 0 Å². The van der Waals surface area contributed by atoms with Crippen molar-refractivity contribution in [3.63, 3.8) is 0 Å². The van der Waals surface area contributed by atoms with E-state index in [9.17, 15) is 18.0 Å². The van der Waals surface area contributed by atoms with Gasteiger partial charge in [-0.3, -0.25) is 19.5 Å². The second-order valence-electron chi connectivity index (χ2n) is 7.48. The van der Waals surface area contributed by atoms with E-state index in [1.165, 1.54) is 42.7 Å². The molecule has 4 N–H and O–H groups in total.